The van der Waals surface area contributed by atoms with E-state index >= 15 is 0 Å². The Labute approximate surface area is 204 Å². The van der Waals surface area contributed by atoms with Crippen molar-refractivity contribution in [2.24, 2.45) is 5.92 Å². The van der Waals surface area contributed by atoms with Gasteiger partial charge in [0, 0.05) is 0 Å². The van der Waals surface area contributed by atoms with Crippen LogP contribution >= 0.6 is 0 Å². The maximum atomic E-state index is 13.8. The molecule has 2 fully saturated rings. The van der Waals surface area contributed by atoms with Crippen LogP contribution in [-0.2, 0) is 20.6 Å². The molecule has 0 radical (unpaired) electrons. The van der Waals surface area contributed by atoms with E-state index in [1.54, 1.807) is 5.06 Å². The Morgan fingerprint density at radius 3 is 2.17 bits per heavy atom. The number of imide groups is 1. The van der Waals surface area contributed by atoms with Gasteiger partial charge in [0.2, 0.25) is 5.91 Å². The van der Waals surface area contributed by atoms with E-state index in [1.165, 1.54) is 12.1 Å². The van der Waals surface area contributed by atoms with E-state index in [-0.39, 0.29) is 5.69 Å². The third-order valence-corrected chi connectivity index (χ3v) is 6.70. The smallest absolute Gasteiger partial charge is 0.273 e. The number of carbonyl (C=O) groups is 2. The fourth-order valence-corrected chi connectivity index (χ4v) is 5.11. The molecule has 4 aromatic rings. The minimum absolute atomic E-state index is 0.124. The Bertz CT molecular complexity index is 1480. The molecule has 2 aliphatic heterocycles. The Morgan fingerprint density at radius 2 is 1.39 bits per heavy atom. The van der Waals surface area contributed by atoms with Gasteiger partial charge in [-0.3, -0.25) is 14.4 Å². The first-order valence-corrected chi connectivity index (χ1v) is 11.4. The summed E-state index contributed by atoms with van der Waals surface area (Å²) in [5, 5.41) is 3.43. The molecule has 2 aliphatic rings. The summed E-state index contributed by atoms with van der Waals surface area (Å²) in [6.45, 7) is 0. The molecule has 4 aromatic carbocycles. The highest BCUT2D eigenvalue weighted by Gasteiger charge is 2.60. The number of anilines is 2. The maximum Gasteiger partial charge on any atom is 0.416 e. The number of fused-ring (bicyclic) bond motifs is 2. The molecular formula is C28H19F3N2O3. The van der Waals surface area contributed by atoms with Gasteiger partial charge in [-0.05, 0) is 46.7 Å². The lowest BCUT2D eigenvalue weighted by Crippen LogP contribution is -2.37. The number of nitrogens with zero attached hydrogens (tertiary/aromatic N) is 2. The standard InChI is InChI=1S/C28H19F3N2O3/c29-28(30,31)18-10-7-13-20(16-18)32-26(34)23-24(22-15-6-9-17-8-4-5-14-21(17)22)33(36-25(23)27(32)35)19-11-2-1-3-12-19/h1-16,23-25H/t23-,24-,25+/m0/s1. The zero-order chi connectivity index (χ0) is 25.0. The molecule has 0 bridgehead atoms. The highest BCUT2D eigenvalue weighted by Crippen LogP contribution is 2.49. The number of para-hydroxylation sites is 1. The van der Waals surface area contributed by atoms with Crippen LogP contribution in [0.25, 0.3) is 10.8 Å². The van der Waals surface area contributed by atoms with Gasteiger partial charge in [-0.2, -0.15) is 13.2 Å². The summed E-state index contributed by atoms with van der Waals surface area (Å²) in [5.41, 5.74) is 0.392. The molecule has 0 unspecified atom stereocenters. The SMILES string of the molecule is O=C1[C@@H]2[C@@H](ON(c3ccccc3)[C@H]2c2cccc3ccccc23)C(=O)N1c1cccc(C(F)(F)F)c1. The summed E-state index contributed by atoms with van der Waals surface area (Å²) in [7, 11) is 0. The lowest BCUT2D eigenvalue weighted by Gasteiger charge is -2.29. The lowest BCUT2D eigenvalue weighted by molar-refractivity contribution is -0.137. The van der Waals surface area contributed by atoms with Crippen molar-refractivity contribution >= 4 is 34.0 Å². The fraction of sp³-hybridized carbons (Fsp3) is 0.143. The summed E-state index contributed by atoms with van der Waals surface area (Å²) in [4.78, 5) is 34.2. The molecule has 8 heteroatoms. The lowest BCUT2D eigenvalue weighted by atomic mass is 9.87. The average molecular weight is 488 g/mol. The largest absolute Gasteiger partial charge is 0.416 e. The van der Waals surface area contributed by atoms with Gasteiger partial charge in [0.25, 0.3) is 5.91 Å². The zero-order valence-corrected chi connectivity index (χ0v) is 18.7. The van der Waals surface area contributed by atoms with Crippen molar-refractivity contribution in [3.8, 4) is 0 Å². The Balaban J connectivity index is 1.48. The molecule has 0 saturated carbocycles. The van der Waals surface area contributed by atoms with E-state index in [1.807, 2.05) is 72.8 Å². The number of rotatable bonds is 3. The van der Waals surface area contributed by atoms with Crippen LogP contribution in [0.3, 0.4) is 0 Å². The van der Waals surface area contributed by atoms with Crippen LogP contribution < -0.4 is 9.96 Å². The first-order valence-electron chi connectivity index (χ1n) is 11.4. The van der Waals surface area contributed by atoms with E-state index in [4.69, 9.17) is 4.84 Å². The number of halogens is 3. The molecule has 0 N–H and O–H groups in total. The third kappa shape index (κ3) is 3.45. The molecule has 180 valence electrons. The zero-order valence-electron chi connectivity index (χ0n) is 18.7. The van der Waals surface area contributed by atoms with Crippen molar-refractivity contribution in [3.05, 3.63) is 108 Å². The van der Waals surface area contributed by atoms with E-state index in [0.29, 0.717) is 5.69 Å². The molecule has 2 saturated heterocycles. The Morgan fingerprint density at radius 1 is 0.722 bits per heavy atom. The van der Waals surface area contributed by atoms with Gasteiger partial charge >= 0.3 is 6.18 Å². The number of carbonyl (C=O) groups excluding carboxylic acids is 2. The second kappa shape index (κ2) is 8.20. The molecular weight excluding hydrogens is 469 g/mol. The maximum absolute atomic E-state index is 13.8. The molecule has 2 heterocycles. The van der Waals surface area contributed by atoms with Gasteiger partial charge in [0.05, 0.1) is 23.0 Å². The van der Waals surface area contributed by atoms with Gasteiger partial charge in [0.15, 0.2) is 6.10 Å². The quantitative estimate of drug-likeness (QED) is 0.337. The van der Waals surface area contributed by atoms with Crippen molar-refractivity contribution in [3.63, 3.8) is 0 Å². The summed E-state index contributed by atoms with van der Waals surface area (Å²) in [5.74, 6) is -2.23. The van der Waals surface area contributed by atoms with Gasteiger partial charge in [0.1, 0.15) is 5.92 Å². The van der Waals surface area contributed by atoms with Crippen LogP contribution in [-0.4, -0.2) is 17.9 Å². The molecule has 5 nitrogen and oxygen atoms in total. The summed E-state index contributed by atoms with van der Waals surface area (Å²) in [6, 6.07) is 26.1. The number of alkyl halides is 3. The second-order valence-electron chi connectivity index (χ2n) is 8.79. The van der Waals surface area contributed by atoms with Crippen molar-refractivity contribution in [2.75, 3.05) is 9.96 Å². The summed E-state index contributed by atoms with van der Waals surface area (Å²) in [6.07, 6.45) is -5.78. The van der Waals surface area contributed by atoms with Gasteiger partial charge < -0.3 is 0 Å². The molecule has 0 spiro atoms. The van der Waals surface area contributed by atoms with Crippen LogP contribution in [0.2, 0.25) is 0 Å². The second-order valence-corrected chi connectivity index (χ2v) is 8.79. The average Bonchev–Trinajstić information content (AvgIpc) is 3.39. The number of amides is 2. The third-order valence-electron chi connectivity index (χ3n) is 6.70. The summed E-state index contributed by atoms with van der Waals surface area (Å²) >= 11 is 0. The van der Waals surface area contributed by atoms with Crippen molar-refractivity contribution in [2.45, 2.75) is 18.3 Å². The van der Waals surface area contributed by atoms with Crippen molar-refractivity contribution < 1.29 is 27.6 Å². The number of hydrogen-bond donors (Lipinski definition) is 0. The molecule has 0 aromatic heterocycles. The van der Waals surface area contributed by atoms with Crippen LogP contribution in [0.15, 0.2) is 97.1 Å². The van der Waals surface area contributed by atoms with Gasteiger partial charge in [-0.1, -0.05) is 66.7 Å². The van der Waals surface area contributed by atoms with Crippen LogP contribution in [0.5, 0.6) is 0 Å². The predicted octanol–water partition coefficient (Wildman–Crippen LogP) is 5.91. The van der Waals surface area contributed by atoms with E-state index in [2.05, 4.69) is 0 Å². The summed E-state index contributed by atoms with van der Waals surface area (Å²) < 4.78 is 40.0. The predicted molar refractivity (Wildman–Crippen MR) is 128 cm³/mol. The van der Waals surface area contributed by atoms with Crippen LogP contribution in [0.4, 0.5) is 24.5 Å². The highest BCUT2D eigenvalue weighted by molar-refractivity contribution is 6.24. The molecule has 6 rings (SSSR count). The number of hydrogen-bond acceptors (Lipinski definition) is 4. The number of benzene rings is 4. The number of hydroxylamine groups is 1. The Hall–Kier alpha value is -4.17. The molecule has 2 amide bonds. The normalized spacial score (nSPS) is 21.9. The van der Waals surface area contributed by atoms with E-state index in [9.17, 15) is 22.8 Å². The topological polar surface area (TPSA) is 49.9 Å². The van der Waals surface area contributed by atoms with Gasteiger partial charge in [-0.15, -0.1) is 0 Å². The monoisotopic (exact) mass is 488 g/mol. The molecule has 3 atom stereocenters. The van der Waals surface area contributed by atoms with Crippen LogP contribution in [0, 0.1) is 5.92 Å². The molecule has 0 aliphatic carbocycles. The van der Waals surface area contributed by atoms with Crippen molar-refractivity contribution in [1.29, 1.82) is 0 Å². The van der Waals surface area contributed by atoms with Gasteiger partial charge in [-0.25, -0.2) is 9.96 Å². The molecule has 36 heavy (non-hydrogen) atoms. The fourth-order valence-electron chi connectivity index (χ4n) is 5.11. The van der Waals surface area contributed by atoms with E-state index in [0.717, 1.165) is 33.4 Å². The first-order chi connectivity index (χ1) is 17.3. The van der Waals surface area contributed by atoms with E-state index < -0.39 is 41.6 Å². The van der Waals surface area contributed by atoms with Crippen molar-refractivity contribution in [1.82, 2.24) is 0 Å². The van der Waals surface area contributed by atoms with Crippen LogP contribution in [0.1, 0.15) is 17.2 Å². The Kier molecular flexibility index (Phi) is 5.08. The highest BCUT2D eigenvalue weighted by atomic mass is 19.4. The minimum Gasteiger partial charge on any atom is -0.273 e. The minimum atomic E-state index is -4.61. The first kappa shape index (κ1) is 22.3.